The van der Waals surface area contributed by atoms with Crippen molar-refractivity contribution in [3.63, 3.8) is 0 Å². The van der Waals surface area contributed by atoms with E-state index in [-0.39, 0.29) is 6.10 Å². The van der Waals surface area contributed by atoms with Crippen LogP contribution in [0.15, 0.2) is 42.6 Å². The van der Waals surface area contributed by atoms with Crippen molar-refractivity contribution < 1.29 is 4.74 Å². The maximum atomic E-state index is 6.39. The van der Waals surface area contributed by atoms with Crippen LogP contribution in [0.5, 0.6) is 5.75 Å². The monoisotopic (exact) mass is 464 g/mol. The molecule has 0 saturated heterocycles. The second kappa shape index (κ2) is 10.4. The highest BCUT2D eigenvalue weighted by atomic mass is 35.5. The van der Waals surface area contributed by atoms with Gasteiger partial charge in [0, 0.05) is 5.69 Å². The van der Waals surface area contributed by atoms with Crippen LogP contribution in [0.25, 0.3) is 0 Å². The standard InChI is InChI=1S/C27H33ClN4O/c1-17(2)33-25-15-21(20-11-6-5-7-12-20)19(4)14-24(25)31-27-29-16-22(28)26(32-27)30-23-13-9-8-10-18(23)3/h8-10,13-17,20H,5-7,11-12H2,1-4H3,(H2,29,30,31,32). The van der Waals surface area contributed by atoms with Crippen molar-refractivity contribution in [1.82, 2.24) is 9.97 Å². The molecule has 5 nitrogen and oxygen atoms in total. The molecule has 1 saturated carbocycles. The predicted molar refractivity (Wildman–Crippen MR) is 138 cm³/mol. The average Bonchev–Trinajstić information content (AvgIpc) is 2.79. The first-order chi connectivity index (χ1) is 15.9. The highest BCUT2D eigenvalue weighted by molar-refractivity contribution is 6.32. The number of nitrogens with zero attached hydrogens (tertiary/aromatic N) is 2. The van der Waals surface area contributed by atoms with Gasteiger partial charge in [0.1, 0.15) is 10.8 Å². The van der Waals surface area contributed by atoms with Crippen LogP contribution in [0.3, 0.4) is 0 Å². The van der Waals surface area contributed by atoms with Gasteiger partial charge in [-0.3, -0.25) is 0 Å². The van der Waals surface area contributed by atoms with Crippen molar-refractivity contribution in [3.05, 3.63) is 64.3 Å². The number of hydrogen-bond donors (Lipinski definition) is 2. The molecule has 0 radical (unpaired) electrons. The molecular weight excluding hydrogens is 432 g/mol. The van der Waals surface area contributed by atoms with Crippen molar-refractivity contribution in [1.29, 1.82) is 0 Å². The van der Waals surface area contributed by atoms with Gasteiger partial charge in [0.2, 0.25) is 5.95 Å². The summed E-state index contributed by atoms with van der Waals surface area (Å²) in [4.78, 5) is 9.06. The van der Waals surface area contributed by atoms with Gasteiger partial charge in [-0.05, 0) is 81.3 Å². The number of para-hydroxylation sites is 1. The molecule has 0 spiro atoms. The number of halogens is 1. The molecule has 1 fully saturated rings. The minimum Gasteiger partial charge on any atom is -0.489 e. The number of aryl methyl sites for hydroxylation is 2. The summed E-state index contributed by atoms with van der Waals surface area (Å²) in [6.07, 6.45) is 8.14. The molecule has 6 heteroatoms. The fourth-order valence-corrected chi connectivity index (χ4v) is 4.62. The Hall–Kier alpha value is -2.79. The third-order valence-corrected chi connectivity index (χ3v) is 6.44. The first kappa shape index (κ1) is 23.4. The fourth-order valence-electron chi connectivity index (χ4n) is 4.48. The lowest BCUT2D eigenvalue weighted by Gasteiger charge is -2.26. The molecule has 0 amide bonds. The van der Waals surface area contributed by atoms with Crippen LogP contribution < -0.4 is 15.4 Å². The molecule has 1 aromatic heterocycles. The normalized spacial score (nSPS) is 14.4. The topological polar surface area (TPSA) is 59.1 Å². The van der Waals surface area contributed by atoms with Gasteiger partial charge < -0.3 is 15.4 Å². The van der Waals surface area contributed by atoms with Crippen molar-refractivity contribution in [2.45, 2.75) is 71.8 Å². The van der Waals surface area contributed by atoms with Crippen LogP contribution in [0, 0.1) is 13.8 Å². The summed E-state index contributed by atoms with van der Waals surface area (Å²) in [7, 11) is 0. The van der Waals surface area contributed by atoms with Crippen LogP contribution >= 0.6 is 11.6 Å². The van der Waals surface area contributed by atoms with Gasteiger partial charge in [-0.2, -0.15) is 4.98 Å². The van der Waals surface area contributed by atoms with E-state index in [2.05, 4.69) is 39.7 Å². The molecule has 0 aliphatic heterocycles. The first-order valence-electron chi connectivity index (χ1n) is 11.8. The van der Waals surface area contributed by atoms with E-state index in [0.29, 0.717) is 22.7 Å². The highest BCUT2D eigenvalue weighted by Gasteiger charge is 2.20. The number of rotatable bonds is 7. The lowest BCUT2D eigenvalue weighted by Crippen LogP contribution is -2.11. The van der Waals surface area contributed by atoms with Crippen molar-refractivity contribution in [2.24, 2.45) is 0 Å². The summed E-state index contributed by atoms with van der Waals surface area (Å²) in [5, 5.41) is 7.16. The van der Waals surface area contributed by atoms with E-state index < -0.39 is 0 Å². The van der Waals surface area contributed by atoms with Gasteiger partial charge in [-0.15, -0.1) is 0 Å². The molecule has 4 rings (SSSR count). The SMILES string of the molecule is Cc1ccccc1Nc1nc(Nc2cc(C)c(C3CCCCC3)cc2OC(C)C)ncc1Cl. The van der Waals surface area contributed by atoms with Gasteiger partial charge in [0.25, 0.3) is 0 Å². The average molecular weight is 465 g/mol. The maximum Gasteiger partial charge on any atom is 0.229 e. The number of anilines is 4. The Labute approximate surface area is 202 Å². The smallest absolute Gasteiger partial charge is 0.229 e. The lowest BCUT2D eigenvalue weighted by atomic mass is 9.82. The predicted octanol–water partition coefficient (Wildman–Crippen LogP) is 8.07. The first-order valence-corrected chi connectivity index (χ1v) is 12.2. The zero-order valence-electron chi connectivity index (χ0n) is 19.9. The lowest BCUT2D eigenvalue weighted by molar-refractivity contribution is 0.243. The zero-order valence-corrected chi connectivity index (χ0v) is 20.7. The number of hydrogen-bond acceptors (Lipinski definition) is 5. The summed E-state index contributed by atoms with van der Waals surface area (Å²) in [5.41, 5.74) is 5.61. The van der Waals surface area contributed by atoms with Crippen LogP contribution in [0.1, 0.15) is 68.6 Å². The molecule has 33 heavy (non-hydrogen) atoms. The molecule has 1 aliphatic rings. The Morgan fingerprint density at radius 2 is 1.73 bits per heavy atom. The summed E-state index contributed by atoms with van der Waals surface area (Å²) in [5.74, 6) is 2.47. The molecule has 1 heterocycles. The number of ether oxygens (including phenoxy) is 1. The van der Waals surface area contributed by atoms with Crippen molar-refractivity contribution in [2.75, 3.05) is 10.6 Å². The molecule has 0 unspecified atom stereocenters. The Kier molecular flexibility index (Phi) is 7.39. The number of benzene rings is 2. The summed E-state index contributed by atoms with van der Waals surface area (Å²) in [6.45, 7) is 8.32. The Bertz CT molecular complexity index is 1110. The van der Waals surface area contributed by atoms with Gasteiger partial charge >= 0.3 is 0 Å². The molecule has 0 bridgehead atoms. The molecular formula is C27H33ClN4O. The summed E-state index contributed by atoms with van der Waals surface area (Å²) >= 11 is 6.39. The van der Waals surface area contributed by atoms with E-state index in [1.165, 1.54) is 43.2 Å². The molecule has 3 aromatic rings. The Morgan fingerprint density at radius 1 is 0.970 bits per heavy atom. The third-order valence-electron chi connectivity index (χ3n) is 6.16. The van der Waals surface area contributed by atoms with E-state index in [1.807, 2.05) is 45.0 Å². The van der Waals surface area contributed by atoms with E-state index in [0.717, 1.165) is 22.7 Å². The zero-order chi connectivity index (χ0) is 23.4. The minimum absolute atomic E-state index is 0.0666. The fraction of sp³-hybridized carbons (Fsp3) is 0.407. The van der Waals surface area contributed by atoms with Crippen molar-refractivity contribution >= 4 is 34.7 Å². The van der Waals surface area contributed by atoms with Crippen LogP contribution in [0.4, 0.5) is 23.1 Å². The second-order valence-corrected chi connectivity index (χ2v) is 9.57. The van der Waals surface area contributed by atoms with Crippen LogP contribution in [-0.2, 0) is 0 Å². The van der Waals surface area contributed by atoms with Crippen LogP contribution in [-0.4, -0.2) is 16.1 Å². The third kappa shape index (κ3) is 5.77. The van der Waals surface area contributed by atoms with E-state index >= 15 is 0 Å². The summed E-state index contributed by atoms with van der Waals surface area (Å²) < 4.78 is 6.21. The number of nitrogens with one attached hydrogen (secondary N) is 2. The van der Waals surface area contributed by atoms with Crippen molar-refractivity contribution in [3.8, 4) is 5.75 Å². The van der Waals surface area contributed by atoms with E-state index in [1.54, 1.807) is 6.20 Å². The summed E-state index contributed by atoms with van der Waals surface area (Å²) in [6, 6.07) is 12.4. The maximum absolute atomic E-state index is 6.39. The molecule has 174 valence electrons. The van der Waals surface area contributed by atoms with Crippen LogP contribution in [0.2, 0.25) is 5.02 Å². The number of aromatic nitrogens is 2. The Morgan fingerprint density at radius 3 is 2.45 bits per heavy atom. The molecule has 2 N–H and O–H groups in total. The molecule has 1 aliphatic carbocycles. The Balaban J connectivity index is 1.63. The molecule has 2 aromatic carbocycles. The molecule has 0 atom stereocenters. The van der Waals surface area contributed by atoms with E-state index in [4.69, 9.17) is 16.3 Å². The van der Waals surface area contributed by atoms with Gasteiger partial charge in [0.15, 0.2) is 5.82 Å². The largest absolute Gasteiger partial charge is 0.489 e. The van der Waals surface area contributed by atoms with Gasteiger partial charge in [-0.25, -0.2) is 4.98 Å². The quantitative estimate of drug-likeness (QED) is 0.370. The van der Waals surface area contributed by atoms with Gasteiger partial charge in [0.05, 0.1) is 18.0 Å². The van der Waals surface area contributed by atoms with Gasteiger partial charge in [-0.1, -0.05) is 49.1 Å². The minimum atomic E-state index is 0.0666. The highest BCUT2D eigenvalue weighted by Crippen LogP contribution is 2.40. The van der Waals surface area contributed by atoms with E-state index in [9.17, 15) is 0 Å². The second-order valence-electron chi connectivity index (χ2n) is 9.16.